The van der Waals surface area contributed by atoms with Gasteiger partial charge in [0, 0.05) is 6.04 Å². The highest BCUT2D eigenvalue weighted by Gasteiger charge is 2.23. The molecule has 1 saturated carbocycles. The molecule has 1 fully saturated rings. The molecule has 0 saturated heterocycles. The van der Waals surface area contributed by atoms with Crippen molar-refractivity contribution < 1.29 is 4.79 Å². The van der Waals surface area contributed by atoms with E-state index >= 15 is 0 Å². The summed E-state index contributed by atoms with van der Waals surface area (Å²) in [5.41, 5.74) is 5.47. The third kappa shape index (κ3) is 2.99. The van der Waals surface area contributed by atoms with Crippen molar-refractivity contribution in [3.8, 4) is 0 Å². The van der Waals surface area contributed by atoms with E-state index in [9.17, 15) is 4.79 Å². The van der Waals surface area contributed by atoms with Crippen molar-refractivity contribution in [3.05, 3.63) is 0 Å². The summed E-state index contributed by atoms with van der Waals surface area (Å²) in [6.07, 6.45) is 5.12. The van der Waals surface area contributed by atoms with Gasteiger partial charge >= 0.3 is 0 Å². The summed E-state index contributed by atoms with van der Waals surface area (Å²) in [7, 11) is 0. The van der Waals surface area contributed by atoms with Gasteiger partial charge in [0.1, 0.15) is 0 Å². The lowest BCUT2D eigenvalue weighted by atomic mass is 9.99. The second kappa shape index (κ2) is 4.61. The van der Waals surface area contributed by atoms with Crippen LogP contribution in [0.15, 0.2) is 0 Å². The predicted octanol–water partition coefficient (Wildman–Crippen LogP) is 1.03. The average Bonchev–Trinajstić information content (AvgIpc) is 2.55. The standard InChI is InChI=1S/C10H20N2O/c1-7(11)10(13)12-8(2)9-5-3-4-6-9/h7-9H,3-6,11H2,1-2H3,(H,12,13). The number of amides is 1. The normalized spacial score (nSPS) is 22.7. The Morgan fingerprint density at radius 3 is 2.38 bits per heavy atom. The lowest BCUT2D eigenvalue weighted by molar-refractivity contribution is -0.122. The lowest BCUT2D eigenvalue weighted by Crippen LogP contribution is -2.45. The number of carbonyl (C=O) groups excluding carboxylic acids is 1. The van der Waals surface area contributed by atoms with Gasteiger partial charge in [0.2, 0.25) is 5.91 Å². The SMILES string of the molecule is CC(N)C(=O)NC(C)C1CCCC1. The molecule has 76 valence electrons. The Bertz CT molecular complexity index is 174. The second-order valence-electron chi connectivity index (χ2n) is 4.13. The molecule has 0 aromatic rings. The largest absolute Gasteiger partial charge is 0.352 e. The van der Waals surface area contributed by atoms with E-state index < -0.39 is 0 Å². The number of nitrogens with one attached hydrogen (secondary N) is 1. The molecule has 0 aliphatic heterocycles. The van der Waals surface area contributed by atoms with Gasteiger partial charge in [-0.05, 0) is 32.6 Å². The Morgan fingerprint density at radius 1 is 1.38 bits per heavy atom. The smallest absolute Gasteiger partial charge is 0.236 e. The van der Waals surface area contributed by atoms with Crippen LogP contribution in [0.3, 0.4) is 0 Å². The number of nitrogens with two attached hydrogens (primary N) is 1. The van der Waals surface area contributed by atoms with E-state index in [0.717, 1.165) is 0 Å². The van der Waals surface area contributed by atoms with Gasteiger partial charge in [-0.25, -0.2) is 0 Å². The molecule has 0 bridgehead atoms. The van der Waals surface area contributed by atoms with E-state index in [4.69, 9.17) is 5.73 Å². The highest BCUT2D eigenvalue weighted by Crippen LogP contribution is 2.27. The van der Waals surface area contributed by atoms with E-state index in [-0.39, 0.29) is 11.9 Å². The highest BCUT2D eigenvalue weighted by molar-refractivity contribution is 5.81. The van der Waals surface area contributed by atoms with E-state index in [1.807, 2.05) is 0 Å². The zero-order valence-corrected chi connectivity index (χ0v) is 8.55. The third-order valence-corrected chi connectivity index (χ3v) is 2.89. The Hall–Kier alpha value is -0.570. The fraction of sp³-hybridized carbons (Fsp3) is 0.900. The van der Waals surface area contributed by atoms with E-state index in [1.165, 1.54) is 25.7 Å². The van der Waals surface area contributed by atoms with Gasteiger partial charge in [0.15, 0.2) is 0 Å². The molecule has 1 aliphatic rings. The number of hydrogen-bond donors (Lipinski definition) is 2. The minimum atomic E-state index is -0.385. The minimum absolute atomic E-state index is 0.0283. The molecule has 0 radical (unpaired) electrons. The van der Waals surface area contributed by atoms with Crippen LogP contribution in [-0.4, -0.2) is 18.0 Å². The van der Waals surface area contributed by atoms with Crippen LogP contribution < -0.4 is 11.1 Å². The van der Waals surface area contributed by atoms with Crippen molar-refractivity contribution in [2.24, 2.45) is 11.7 Å². The molecular weight excluding hydrogens is 164 g/mol. The first kappa shape index (κ1) is 10.5. The summed E-state index contributed by atoms with van der Waals surface area (Å²) in [6, 6.07) is -0.0927. The number of carbonyl (C=O) groups is 1. The topological polar surface area (TPSA) is 55.1 Å². The Labute approximate surface area is 80.1 Å². The molecule has 0 spiro atoms. The second-order valence-corrected chi connectivity index (χ2v) is 4.13. The van der Waals surface area contributed by atoms with Crippen LogP contribution in [0.4, 0.5) is 0 Å². The van der Waals surface area contributed by atoms with Crippen molar-refractivity contribution in [2.45, 2.75) is 51.6 Å². The van der Waals surface area contributed by atoms with Crippen molar-refractivity contribution in [1.82, 2.24) is 5.32 Å². The minimum Gasteiger partial charge on any atom is -0.352 e. The van der Waals surface area contributed by atoms with Crippen LogP contribution in [0.2, 0.25) is 0 Å². The van der Waals surface area contributed by atoms with Gasteiger partial charge in [0.25, 0.3) is 0 Å². The molecule has 1 rings (SSSR count). The van der Waals surface area contributed by atoms with Crippen LogP contribution in [-0.2, 0) is 4.79 Å². The van der Waals surface area contributed by atoms with E-state index in [0.29, 0.717) is 12.0 Å². The van der Waals surface area contributed by atoms with Crippen LogP contribution in [0.25, 0.3) is 0 Å². The molecule has 1 amide bonds. The third-order valence-electron chi connectivity index (χ3n) is 2.89. The maximum atomic E-state index is 11.3. The van der Waals surface area contributed by atoms with Gasteiger partial charge < -0.3 is 11.1 Å². The van der Waals surface area contributed by atoms with Crippen molar-refractivity contribution in [2.75, 3.05) is 0 Å². The van der Waals surface area contributed by atoms with Gasteiger partial charge in [-0.3, -0.25) is 4.79 Å². The maximum absolute atomic E-state index is 11.3. The van der Waals surface area contributed by atoms with Crippen LogP contribution in [0, 0.1) is 5.92 Å². The average molecular weight is 184 g/mol. The monoisotopic (exact) mass is 184 g/mol. The first-order chi connectivity index (χ1) is 6.11. The summed E-state index contributed by atoms with van der Waals surface area (Å²) < 4.78 is 0. The summed E-state index contributed by atoms with van der Waals surface area (Å²) in [5.74, 6) is 0.641. The Morgan fingerprint density at radius 2 is 1.92 bits per heavy atom. The molecular formula is C10H20N2O. The lowest BCUT2D eigenvalue weighted by Gasteiger charge is -2.21. The molecule has 3 nitrogen and oxygen atoms in total. The highest BCUT2D eigenvalue weighted by atomic mass is 16.2. The summed E-state index contributed by atoms with van der Waals surface area (Å²) >= 11 is 0. The van der Waals surface area contributed by atoms with Gasteiger partial charge in [0.05, 0.1) is 6.04 Å². The molecule has 3 heteroatoms. The first-order valence-electron chi connectivity index (χ1n) is 5.17. The Balaban J connectivity index is 2.31. The predicted molar refractivity (Wildman–Crippen MR) is 53.2 cm³/mol. The quantitative estimate of drug-likeness (QED) is 0.688. The van der Waals surface area contributed by atoms with Crippen molar-refractivity contribution in [3.63, 3.8) is 0 Å². The molecule has 13 heavy (non-hydrogen) atoms. The zero-order valence-electron chi connectivity index (χ0n) is 8.55. The maximum Gasteiger partial charge on any atom is 0.236 e. The van der Waals surface area contributed by atoms with Crippen LogP contribution in [0.1, 0.15) is 39.5 Å². The van der Waals surface area contributed by atoms with E-state index in [2.05, 4.69) is 12.2 Å². The fourth-order valence-corrected chi connectivity index (χ4v) is 1.93. The summed E-state index contributed by atoms with van der Waals surface area (Å²) in [6.45, 7) is 3.80. The zero-order chi connectivity index (χ0) is 9.84. The summed E-state index contributed by atoms with van der Waals surface area (Å²) in [5, 5.41) is 2.96. The van der Waals surface area contributed by atoms with Crippen LogP contribution >= 0.6 is 0 Å². The number of hydrogen-bond acceptors (Lipinski definition) is 2. The van der Waals surface area contributed by atoms with Crippen molar-refractivity contribution >= 4 is 5.91 Å². The molecule has 2 unspecified atom stereocenters. The Kier molecular flexibility index (Phi) is 3.72. The molecule has 0 aromatic heterocycles. The molecule has 0 aromatic carbocycles. The molecule has 1 aliphatic carbocycles. The van der Waals surface area contributed by atoms with Gasteiger partial charge in [-0.2, -0.15) is 0 Å². The fourth-order valence-electron chi connectivity index (χ4n) is 1.93. The van der Waals surface area contributed by atoms with Gasteiger partial charge in [-0.15, -0.1) is 0 Å². The summed E-state index contributed by atoms with van der Waals surface area (Å²) in [4.78, 5) is 11.3. The van der Waals surface area contributed by atoms with Gasteiger partial charge in [-0.1, -0.05) is 12.8 Å². The molecule has 3 N–H and O–H groups in total. The van der Waals surface area contributed by atoms with Crippen molar-refractivity contribution in [1.29, 1.82) is 0 Å². The van der Waals surface area contributed by atoms with E-state index in [1.54, 1.807) is 6.92 Å². The molecule has 2 atom stereocenters. The van der Waals surface area contributed by atoms with Crippen LogP contribution in [0.5, 0.6) is 0 Å². The number of rotatable bonds is 3. The first-order valence-corrected chi connectivity index (χ1v) is 5.17. The molecule has 0 heterocycles.